The van der Waals surface area contributed by atoms with Crippen LogP contribution >= 0.6 is 23.5 Å². The first-order chi connectivity index (χ1) is 61.5. The normalized spacial score (nSPS) is 13.0. The third kappa shape index (κ3) is 33.7. The summed E-state index contributed by atoms with van der Waals surface area (Å²) in [5.74, 6) is -10.5. The highest BCUT2D eigenvalue weighted by Gasteiger charge is 2.37. The second-order valence-corrected chi connectivity index (χ2v) is 33.4. The van der Waals surface area contributed by atoms with Gasteiger partial charge in [-0.2, -0.15) is 0 Å². The zero-order valence-corrected chi connectivity index (χ0v) is 74.9. The molecule has 0 saturated carbocycles. The van der Waals surface area contributed by atoms with E-state index in [-0.39, 0.29) is 105 Å². The molecule has 2 aliphatic rings. The van der Waals surface area contributed by atoms with Crippen LogP contribution in [0.5, 0.6) is 46.0 Å². The van der Waals surface area contributed by atoms with Gasteiger partial charge >= 0.3 is 46.9 Å². The van der Waals surface area contributed by atoms with E-state index in [9.17, 15) is 139 Å². The van der Waals surface area contributed by atoms with Crippen LogP contribution in [0.15, 0.2) is 82.6 Å². The zero-order valence-electron chi connectivity index (χ0n) is 73.3. The maximum Gasteiger partial charge on any atom is 0.407 e. The maximum absolute atomic E-state index is 13.0. The van der Waals surface area contributed by atoms with Crippen LogP contribution in [-0.4, -0.2) is 249 Å². The maximum atomic E-state index is 13.0. The van der Waals surface area contributed by atoms with Gasteiger partial charge in [0.05, 0.1) is 53.1 Å². The Morgan fingerprint density at radius 1 is 0.443 bits per heavy atom. The molecule has 2 aliphatic heterocycles. The second-order valence-electron chi connectivity index (χ2n) is 31.4. The Hall–Kier alpha value is -14.3. The predicted molar refractivity (Wildman–Crippen MR) is 477 cm³/mol. The fourth-order valence-corrected chi connectivity index (χ4v) is 14.3. The molecule has 0 radical (unpaired) electrons. The van der Waals surface area contributed by atoms with Crippen LogP contribution in [0.1, 0.15) is 190 Å². The average molecular weight is 1870 g/mol. The summed E-state index contributed by atoms with van der Waals surface area (Å²) in [6.45, 7) is 18.4. The number of aliphatic carboxylic acids is 2. The van der Waals surface area contributed by atoms with E-state index in [0.29, 0.717) is 119 Å². The first kappa shape index (κ1) is 107. The van der Waals surface area contributed by atoms with E-state index >= 15 is 0 Å². The number of alkyl carbamates (subject to hydrolysis) is 2. The van der Waals surface area contributed by atoms with Gasteiger partial charge in [-0.1, -0.05) is 25.7 Å². The number of fused-ring (bicyclic) bond motifs is 2. The molecule has 2 heterocycles. The van der Waals surface area contributed by atoms with E-state index in [2.05, 4.69) is 16.0 Å². The minimum atomic E-state index is -1.06. The highest BCUT2D eigenvalue weighted by Crippen LogP contribution is 2.45. The molecule has 6 aromatic rings. The van der Waals surface area contributed by atoms with E-state index in [1.807, 2.05) is 27.7 Å². The minimum Gasteiger partial charge on any atom is -0.504 e. The number of amides is 10. The van der Waals surface area contributed by atoms with Crippen molar-refractivity contribution >= 4 is 150 Å². The first-order valence-electron chi connectivity index (χ1n) is 41.1. The Balaban J connectivity index is 0.000000309. The molecule has 0 atom stereocenters. The molecule has 13 N–H and O–H groups in total. The van der Waals surface area contributed by atoms with Gasteiger partial charge in [-0.25, -0.2) is 9.59 Å². The monoisotopic (exact) mass is 1870 g/mol. The molecule has 2 fully saturated rings. The fourth-order valence-electron chi connectivity index (χ4n) is 12.6. The summed E-state index contributed by atoms with van der Waals surface area (Å²) in [6, 6.07) is 15.0. The highest BCUT2D eigenvalue weighted by molar-refractivity contribution is 8.18. The number of carbonyl (C=O) groups is 12. The van der Waals surface area contributed by atoms with Crippen LogP contribution < -0.4 is 16.0 Å². The number of nitro benzene ring substituents is 4. The van der Waals surface area contributed by atoms with Crippen LogP contribution in [-0.2, 0) is 38.2 Å². The van der Waals surface area contributed by atoms with E-state index in [4.69, 9.17) is 19.7 Å². The Labute approximate surface area is 757 Å². The molecule has 0 bridgehead atoms. The molecule has 8 rings (SSSR count). The average Bonchev–Trinajstić information content (AvgIpc) is 1.67. The Bertz CT molecular complexity index is 5340. The number of nitrogens with zero attached hydrogens (tertiary/aromatic N) is 9. The van der Waals surface area contributed by atoms with Crippen molar-refractivity contribution in [2.75, 3.05) is 72.5 Å². The van der Waals surface area contributed by atoms with Crippen molar-refractivity contribution < 1.29 is 138 Å². The summed E-state index contributed by atoms with van der Waals surface area (Å²) in [4.78, 5) is 191. The number of nitro groups is 4. The summed E-state index contributed by atoms with van der Waals surface area (Å²) in [7, 11) is 1.54. The molecule has 44 nitrogen and oxygen atoms in total. The molecule has 0 spiro atoms. The van der Waals surface area contributed by atoms with Gasteiger partial charge in [0.15, 0.2) is 23.0 Å². The van der Waals surface area contributed by atoms with E-state index in [0.717, 1.165) is 85.1 Å². The number of carboxylic acids is 2. The lowest BCUT2D eigenvalue weighted by Crippen LogP contribution is -2.33. The molecular formula is C85H106N12O32S2. The van der Waals surface area contributed by atoms with Crippen molar-refractivity contribution in [1.29, 1.82) is 0 Å². The largest absolute Gasteiger partial charge is 0.504 e. The molecule has 131 heavy (non-hydrogen) atoms. The molecular weight excluding hydrogens is 1770 g/mol. The van der Waals surface area contributed by atoms with Crippen LogP contribution in [0.3, 0.4) is 0 Å². The molecule has 2 saturated heterocycles. The van der Waals surface area contributed by atoms with Crippen molar-refractivity contribution in [3.05, 3.63) is 145 Å². The number of imide groups is 2. The Kier molecular flexibility index (Phi) is 41.3. The summed E-state index contributed by atoms with van der Waals surface area (Å²) in [5.41, 5.74) is -2.95. The number of hydrogen-bond acceptors (Lipinski definition) is 32. The summed E-state index contributed by atoms with van der Waals surface area (Å²) in [6.07, 6.45) is 9.22. The van der Waals surface area contributed by atoms with Crippen molar-refractivity contribution in [2.45, 2.75) is 169 Å². The number of carboxylic acid groups (broad SMARTS) is 2. The second kappa shape index (κ2) is 50.4. The molecule has 0 unspecified atom stereocenters. The lowest BCUT2D eigenvalue weighted by Gasteiger charge is -2.21. The van der Waals surface area contributed by atoms with Crippen molar-refractivity contribution in [2.24, 2.45) is 0 Å². The van der Waals surface area contributed by atoms with Crippen molar-refractivity contribution in [1.82, 2.24) is 40.4 Å². The quantitative estimate of drug-likeness (QED) is 0.00558. The third-order valence-corrected chi connectivity index (χ3v) is 20.9. The summed E-state index contributed by atoms with van der Waals surface area (Å²) < 4.78 is 10.3. The van der Waals surface area contributed by atoms with E-state index in [1.165, 1.54) is 59.5 Å². The summed E-state index contributed by atoms with van der Waals surface area (Å²) in [5, 5.41) is 147. The minimum absolute atomic E-state index is 0.00959. The lowest BCUT2D eigenvalue weighted by atomic mass is 10.0. The first-order valence-corrected chi connectivity index (χ1v) is 42.8. The fraction of sp³-hybridized carbons (Fsp3) is 0.435. The van der Waals surface area contributed by atoms with Gasteiger partial charge in [0.25, 0.3) is 34.1 Å². The van der Waals surface area contributed by atoms with Gasteiger partial charge in [0, 0.05) is 109 Å². The number of thioether (sulfide) groups is 2. The number of phenolic OH excluding ortho intramolecular Hbond substituents is 8. The van der Waals surface area contributed by atoms with Gasteiger partial charge in [-0.05, 0) is 225 Å². The topological polar surface area (TPSA) is 650 Å². The van der Waals surface area contributed by atoms with Crippen LogP contribution in [0.4, 0.5) is 41.9 Å². The number of carbonyl (C=O) groups excluding carboxylic acids is 10. The molecule has 0 aliphatic carbocycles. The number of rotatable bonds is 40. The van der Waals surface area contributed by atoms with Gasteiger partial charge in [0.2, 0.25) is 34.8 Å². The van der Waals surface area contributed by atoms with Gasteiger partial charge < -0.3 is 91.2 Å². The lowest BCUT2D eigenvalue weighted by molar-refractivity contribution is -0.386. The molecule has 0 aromatic heterocycles. The van der Waals surface area contributed by atoms with Crippen LogP contribution in [0.2, 0.25) is 0 Å². The number of benzene rings is 6. The van der Waals surface area contributed by atoms with E-state index in [1.54, 1.807) is 44.5 Å². The van der Waals surface area contributed by atoms with Gasteiger partial charge in [-0.3, -0.25) is 98.2 Å². The van der Waals surface area contributed by atoms with Crippen LogP contribution in [0, 0.1) is 40.5 Å². The highest BCUT2D eigenvalue weighted by atomic mass is 32.2. The number of aromatic hydroxyl groups is 8. The number of ether oxygens (including phenoxy) is 2. The van der Waals surface area contributed by atoms with Gasteiger partial charge in [-0.15, -0.1) is 0 Å². The molecule has 710 valence electrons. The standard InChI is InChI=1S/C24H33N3O7.C21H27N3O8S.C21H25N3O8.C19H21N3O9S/c1-5-26(13-9-7-6-8-12-25-23(31)34-24(2,3)4)22(30)16-10-11-18-17(14-16)15-19(28)21(29)20(18)27(32)33;1-21(2,3)32-19(28)22-8-6-4-5-7-9-23-18(27)16(33-20(23)29)12-13-10-14(24(30)31)17(26)15(25)11-13;1-2-23(10-4-3-9-22-17(26)7-8-18(27)28)21(30)13-5-6-15-14(11-13)12-16(25)20(29)19(15)24(31)32;1-20(15(24)4-5-16(25)26)6-2-3-7-21-18(28)14(32-19(21)29)10-11-8-12(22(30)31)17(27)13(23)9-11/h10-11,14-15,28-29H,5-9,12-13H2,1-4H3,(H,25,31);10-12,25-26H,4-9H2,1-3H3,(H,22,28);5-6,11-12,25,29H,2-4,7-10H2,1H3,(H,22,26)(H,27,28);8-10,23,27H,2-7H2,1H3,(H,25,26)/b;16-12-;;14-10-. The zero-order chi connectivity index (χ0) is 98.1. The number of unbranched alkanes of at least 4 members (excludes halogenated alkanes) is 8. The number of phenols is 8. The third-order valence-electron chi connectivity index (χ3n) is 19.1. The predicted octanol–water partition coefficient (Wildman–Crippen LogP) is 13.4. The summed E-state index contributed by atoms with van der Waals surface area (Å²) >= 11 is 1.35. The number of nitrogens with one attached hydrogen (secondary N) is 3. The number of hydrogen-bond donors (Lipinski definition) is 13. The van der Waals surface area contributed by atoms with Crippen molar-refractivity contribution in [3.8, 4) is 46.0 Å². The SMILES string of the molecule is CC(C)(C)OC(=O)NCCCCCCN1C(=O)S/C(=C\c2cc(O)c(O)c([N+](=O)[O-])c2)C1=O.CCN(CCCCCCNC(=O)OC(C)(C)C)C(=O)c1ccc2c([N+](=O)[O-])c(O)c(O)cc2c1.CCN(CCCCNC(=O)CCC(=O)O)C(=O)c1ccc2c([N+](=O)[O-])c(O)c(O)cc2c1.CN(CCCCN1C(=O)S/C(=C\c2cc(O)c(O)c([N+](=O)[O-])c2)C1=O)C(=O)CCC(=O)O. The molecule has 6 aromatic carbocycles. The van der Waals surface area contributed by atoms with Crippen molar-refractivity contribution in [3.63, 3.8) is 0 Å². The van der Waals surface area contributed by atoms with Gasteiger partial charge in [0.1, 0.15) is 11.2 Å². The Morgan fingerprint density at radius 3 is 1.18 bits per heavy atom. The molecule has 46 heteroatoms. The van der Waals surface area contributed by atoms with Crippen LogP contribution in [0.25, 0.3) is 33.7 Å². The molecule has 10 amide bonds. The van der Waals surface area contributed by atoms with E-state index < -0.39 is 146 Å². The smallest absolute Gasteiger partial charge is 0.407 e. The Morgan fingerprint density at radius 2 is 0.794 bits per heavy atom.